The van der Waals surface area contributed by atoms with Gasteiger partial charge in [-0.05, 0) is 36.8 Å². The Bertz CT molecular complexity index is 1560. The van der Waals surface area contributed by atoms with Crippen molar-refractivity contribution in [1.29, 1.82) is 0 Å². The van der Waals surface area contributed by atoms with Gasteiger partial charge in [0.1, 0.15) is 6.61 Å². The largest absolute Gasteiger partial charge is 0.493 e. The average molecular weight is 571 g/mol. The Kier molecular flexibility index (Phi) is 7.14. The quantitative estimate of drug-likeness (QED) is 0.323. The van der Waals surface area contributed by atoms with Crippen LogP contribution in [0.4, 0.5) is 0 Å². The number of carbonyl (C=O) groups is 2. The maximum absolute atomic E-state index is 13.6. The van der Waals surface area contributed by atoms with Gasteiger partial charge in [0.15, 0.2) is 17.3 Å². The third-order valence-corrected chi connectivity index (χ3v) is 7.49. The minimum Gasteiger partial charge on any atom is -0.493 e. The summed E-state index contributed by atoms with van der Waals surface area (Å²) in [5, 5.41) is 4.48. The van der Waals surface area contributed by atoms with Crippen molar-refractivity contribution >= 4 is 52.3 Å². The molecule has 9 heteroatoms. The molecular formula is C29H22Cl3NO5. The summed E-state index contributed by atoms with van der Waals surface area (Å²) < 4.78 is 16.7. The number of nitrogens with one attached hydrogen (secondary N) is 1. The van der Waals surface area contributed by atoms with Gasteiger partial charge in [0, 0.05) is 43.9 Å². The monoisotopic (exact) mass is 569 g/mol. The van der Waals surface area contributed by atoms with Crippen molar-refractivity contribution in [1.82, 2.24) is 5.32 Å². The highest BCUT2D eigenvalue weighted by atomic mass is 35.5. The Morgan fingerprint density at radius 2 is 1.71 bits per heavy atom. The molecule has 1 aliphatic carbocycles. The molecule has 0 fully saturated rings. The van der Waals surface area contributed by atoms with Crippen LogP contribution in [0.1, 0.15) is 39.9 Å². The lowest BCUT2D eigenvalue weighted by molar-refractivity contribution is -0.136. The van der Waals surface area contributed by atoms with E-state index in [-0.39, 0.29) is 17.4 Å². The van der Waals surface area contributed by atoms with Crippen LogP contribution in [0.15, 0.2) is 71.4 Å². The lowest BCUT2D eigenvalue weighted by Gasteiger charge is -2.29. The molecule has 3 aromatic carbocycles. The summed E-state index contributed by atoms with van der Waals surface area (Å²) in [7, 11) is 2.80. The van der Waals surface area contributed by atoms with Gasteiger partial charge in [0.2, 0.25) is 0 Å². The summed E-state index contributed by atoms with van der Waals surface area (Å²) >= 11 is 19.0. The zero-order chi connectivity index (χ0) is 27.1. The number of hydrogen-bond acceptors (Lipinski definition) is 6. The Balaban J connectivity index is 1.60. The fourth-order valence-corrected chi connectivity index (χ4v) is 5.61. The maximum atomic E-state index is 13.6. The van der Waals surface area contributed by atoms with Crippen LogP contribution in [0.5, 0.6) is 11.5 Å². The van der Waals surface area contributed by atoms with Gasteiger partial charge in [-0.1, -0.05) is 65.1 Å². The molecule has 6 nitrogen and oxygen atoms in total. The van der Waals surface area contributed by atoms with Crippen molar-refractivity contribution in [2.75, 3.05) is 14.2 Å². The molecule has 0 saturated heterocycles. The van der Waals surface area contributed by atoms with E-state index < -0.39 is 11.9 Å². The highest BCUT2D eigenvalue weighted by Gasteiger charge is 2.43. The summed E-state index contributed by atoms with van der Waals surface area (Å²) in [6, 6.07) is 15.8. The second-order valence-electron chi connectivity index (χ2n) is 8.81. The second-order valence-corrected chi connectivity index (χ2v) is 10.1. The molecule has 1 atom stereocenters. The number of methoxy groups -OCH3 is 2. The Labute approximate surface area is 234 Å². The molecular weight excluding hydrogens is 549 g/mol. The van der Waals surface area contributed by atoms with Crippen molar-refractivity contribution < 1.29 is 23.8 Å². The minimum atomic E-state index is -0.746. The predicted octanol–water partition coefficient (Wildman–Crippen LogP) is 6.98. The highest BCUT2D eigenvalue weighted by molar-refractivity contribution is 6.35. The molecule has 1 aliphatic heterocycles. The van der Waals surface area contributed by atoms with Gasteiger partial charge in [-0.25, -0.2) is 4.79 Å². The number of allylic oxidation sites excluding steroid dienone is 2. The number of rotatable bonds is 6. The van der Waals surface area contributed by atoms with Gasteiger partial charge in [0.25, 0.3) is 0 Å². The number of hydrogen-bond donors (Lipinski definition) is 1. The summed E-state index contributed by atoms with van der Waals surface area (Å²) in [5.74, 6) is -0.834. The predicted molar refractivity (Wildman–Crippen MR) is 147 cm³/mol. The third-order valence-electron chi connectivity index (χ3n) is 6.63. The van der Waals surface area contributed by atoms with Crippen LogP contribution in [0.3, 0.4) is 0 Å². The van der Waals surface area contributed by atoms with Gasteiger partial charge in [-0.3, -0.25) is 4.79 Å². The first-order valence-corrected chi connectivity index (χ1v) is 12.8. The maximum Gasteiger partial charge on any atom is 0.336 e. The van der Waals surface area contributed by atoms with Crippen LogP contribution >= 0.6 is 34.8 Å². The summed E-state index contributed by atoms with van der Waals surface area (Å²) in [6.07, 6.45) is 0. The lowest BCUT2D eigenvalue weighted by atomic mass is 9.79. The van der Waals surface area contributed by atoms with E-state index in [0.717, 1.165) is 5.56 Å². The molecule has 2 aliphatic rings. The molecule has 1 N–H and O–H groups in total. The Morgan fingerprint density at radius 3 is 2.39 bits per heavy atom. The van der Waals surface area contributed by atoms with E-state index in [1.54, 1.807) is 43.3 Å². The number of fused-ring (bicyclic) bond motifs is 2. The van der Waals surface area contributed by atoms with Gasteiger partial charge in [-0.15, -0.1) is 0 Å². The van der Waals surface area contributed by atoms with Crippen LogP contribution in [0.25, 0.3) is 5.70 Å². The molecule has 38 heavy (non-hydrogen) atoms. The number of dihydropyridines is 1. The highest BCUT2D eigenvalue weighted by Crippen LogP contribution is 2.49. The second kappa shape index (κ2) is 10.4. The number of benzene rings is 3. The number of carbonyl (C=O) groups excluding carboxylic acids is 2. The zero-order valence-corrected chi connectivity index (χ0v) is 22.9. The van der Waals surface area contributed by atoms with E-state index >= 15 is 0 Å². The molecule has 3 aromatic rings. The van der Waals surface area contributed by atoms with Gasteiger partial charge in [-0.2, -0.15) is 0 Å². The Morgan fingerprint density at radius 1 is 0.974 bits per heavy atom. The minimum absolute atomic E-state index is 0.119. The smallest absolute Gasteiger partial charge is 0.336 e. The first kappa shape index (κ1) is 26.2. The van der Waals surface area contributed by atoms with Crippen LogP contribution < -0.4 is 14.8 Å². The lowest BCUT2D eigenvalue weighted by Crippen LogP contribution is -2.29. The molecule has 0 unspecified atom stereocenters. The van der Waals surface area contributed by atoms with Crippen molar-refractivity contribution in [2.24, 2.45) is 0 Å². The summed E-state index contributed by atoms with van der Waals surface area (Å²) in [4.78, 5) is 26.6. The van der Waals surface area contributed by atoms with Crippen molar-refractivity contribution in [3.63, 3.8) is 0 Å². The fraction of sp³-hybridized carbons (Fsp3) is 0.172. The summed E-state index contributed by atoms with van der Waals surface area (Å²) in [5.41, 5.74) is 4.63. The number of ketones is 1. The first-order valence-electron chi connectivity index (χ1n) is 11.6. The molecule has 5 rings (SSSR count). The van der Waals surface area contributed by atoms with E-state index in [2.05, 4.69) is 5.32 Å². The molecule has 0 saturated carbocycles. The molecule has 194 valence electrons. The SMILES string of the molecule is COC(=O)C1=C(C)NC2=C(C(=O)c3ccccc32)[C@@H]1c1cc(Cl)c(OCc2ccc(Cl)cc2Cl)c(OC)c1. The molecule has 1 heterocycles. The number of halogens is 3. The standard InChI is InChI=1S/C29H22Cl3NO5/c1-14-23(29(35)37-3)24(25-26(33-14)18-6-4-5-7-19(18)27(25)34)16-10-21(32)28(22(11-16)36-2)38-13-15-8-9-17(30)12-20(15)31/h4-12,24,33H,13H2,1-3H3/t24-/m1/s1. The van der Waals surface area contributed by atoms with Gasteiger partial charge in [0.05, 0.1) is 30.5 Å². The molecule has 0 bridgehead atoms. The third kappa shape index (κ3) is 4.43. The molecule has 0 radical (unpaired) electrons. The number of esters is 1. The van der Waals surface area contributed by atoms with Crippen LogP contribution in [0.2, 0.25) is 15.1 Å². The van der Waals surface area contributed by atoms with E-state index in [4.69, 9.17) is 49.0 Å². The molecule has 0 amide bonds. The van der Waals surface area contributed by atoms with E-state index in [9.17, 15) is 9.59 Å². The van der Waals surface area contributed by atoms with Crippen molar-refractivity contribution in [2.45, 2.75) is 19.4 Å². The van der Waals surface area contributed by atoms with Crippen LogP contribution in [0, 0.1) is 0 Å². The van der Waals surface area contributed by atoms with E-state index in [0.29, 0.717) is 60.8 Å². The van der Waals surface area contributed by atoms with Crippen LogP contribution in [-0.4, -0.2) is 26.0 Å². The van der Waals surface area contributed by atoms with Gasteiger partial charge < -0.3 is 19.5 Å². The molecule has 0 aromatic heterocycles. The number of Topliss-reactive ketones (excluding diaryl/α,β-unsaturated/α-hetero) is 1. The van der Waals surface area contributed by atoms with Crippen LogP contribution in [-0.2, 0) is 16.1 Å². The van der Waals surface area contributed by atoms with Crippen molar-refractivity contribution in [3.8, 4) is 11.5 Å². The van der Waals surface area contributed by atoms with E-state index in [1.165, 1.54) is 14.2 Å². The van der Waals surface area contributed by atoms with Crippen molar-refractivity contribution in [3.05, 3.63) is 109 Å². The first-order chi connectivity index (χ1) is 18.2. The topological polar surface area (TPSA) is 73.9 Å². The van der Waals surface area contributed by atoms with Gasteiger partial charge >= 0.3 is 5.97 Å². The number of ether oxygens (including phenoxy) is 3. The normalized spacial score (nSPS) is 16.2. The summed E-state index contributed by atoms with van der Waals surface area (Å²) in [6.45, 7) is 1.90. The van der Waals surface area contributed by atoms with E-state index in [1.807, 2.05) is 18.2 Å². The average Bonchev–Trinajstić information content (AvgIpc) is 3.18. The fourth-order valence-electron chi connectivity index (χ4n) is 4.88. The zero-order valence-electron chi connectivity index (χ0n) is 20.7. The Hall–Kier alpha value is -3.45. The molecule has 0 spiro atoms.